The summed E-state index contributed by atoms with van der Waals surface area (Å²) < 4.78 is 4.81. The van der Waals surface area contributed by atoms with E-state index >= 15 is 0 Å². The van der Waals surface area contributed by atoms with Crippen LogP contribution in [0.15, 0.2) is 18.2 Å². The summed E-state index contributed by atoms with van der Waals surface area (Å²) in [5.74, 6) is -0.450. The molecule has 0 aliphatic heterocycles. The molecule has 0 atom stereocenters. The summed E-state index contributed by atoms with van der Waals surface area (Å²) >= 11 is 0. The number of anilines is 1. The van der Waals surface area contributed by atoms with Crippen molar-refractivity contribution < 1.29 is 9.53 Å². The molecule has 0 spiro atoms. The first-order valence-electron chi connectivity index (χ1n) is 4.26. The van der Waals surface area contributed by atoms with Gasteiger partial charge in [0.2, 0.25) is 0 Å². The third-order valence-corrected chi connectivity index (χ3v) is 1.79. The molecule has 0 saturated heterocycles. The van der Waals surface area contributed by atoms with Gasteiger partial charge in [0.15, 0.2) is 0 Å². The molecule has 1 rings (SSSR count). The van der Waals surface area contributed by atoms with Gasteiger partial charge in [0.05, 0.1) is 17.9 Å². The van der Waals surface area contributed by atoms with E-state index < -0.39 is 5.97 Å². The van der Waals surface area contributed by atoms with Crippen molar-refractivity contribution in [1.29, 1.82) is 5.41 Å². The average molecular weight is 192 g/mol. The minimum Gasteiger partial charge on any atom is -0.462 e. The summed E-state index contributed by atoms with van der Waals surface area (Å²) in [6, 6.07) is 4.92. The number of nitrogens with two attached hydrogens (primary N) is 1. The number of carbonyl (C=O) groups excluding carboxylic acids is 1. The monoisotopic (exact) mass is 192 g/mol. The zero-order valence-electron chi connectivity index (χ0n) is 7.91. The van der Waals surface area contributed by atoms with E-state index in [-0.39, 0.29) is 0 Å². The maximum atomic E-state index is 11.4. The Kier molecular flexibility index (Phi) is 3.23. The number of ether oxygens (including phenoxy) is 1. The number of hydrogen-bond acceptors (Lipinski definition) is 4. The van der Waals surface area contributed by atoms with Crippen LogP contribution in [-0.4, -0.2) is 18.8 Å². The molecule has 3 N–H and O–H groups in total. The number of hydrogen-bond donors (Lipinski definition) is 2. The third kappa shape index (κ3) is 1.90. The molecule has 1 aromatic rings. The van der Waals surface area contributed by atoms with Crippen LogP contribution in [-0.2, 0) is 4.74 Å². The Balaban J connectivity index is 3.09. The predicted molar refractivity (Wildman–Crippen MR) is 54.7 cm³/mol. The van der Waals surface area contributed by atoms with Gasteiger partial charge in [-0.3, -0.25) is 0 Å². The average Bonchev–Trinajstić information content (AvgIpc) is 2.18. The van der Waals surface area contributed by atoms with Gasteiger partial charge < -0.3 is 15.9 Å². The largest absolute Gasteiger partial charge is 0.462 e. The second-order valence-electron chi connectivity index (χ2n) is 2.67. The van der Waals surface area contributed by atoms with Gasteiger partial charge in [0, 0.05) is 11.8 Å². The summed E-state index contributed by atoms with van der Waals surface area (Å²) in [4.78, 5) is 11.4. The summed E-state index contributed by atoms with van der Waals surface area (Å²) in [6.07, 6.45) is 1.11. The van der Waals surface area contributed by atoms with Gasteiger partial charge in [0.25, 0.3) is 0 Å². The van der Waals surface area contributed by atoms with Crippen LogP contribution in [0, 0.1) is 5.41 Å². The van der Waals surface area contributed by atoms with Crippen molar-refractivity contribution in [2.45, 2.75) is 6.92 Å². The summed E-state index contributed by atoms with van der Waals surface area (Å²) in [6.45, 7) is 2.04. The second kappa shape index (κ2) is 4.41. The van der Waals surface area contributed by atoms with Crippen LogP contribution >= 0.6 is 0 Å². The molecule has 0 bridgehead atoms. The number of nitrogens with one attached hydrogen (secondary N) is 1. The number of nitrogen functional groups attached to an aromatic ring is 1. The Morgan fingerprint density at radius 2 is 2.36 bits per heavy atom. The Labute approximate surface area is 82.2 Å². The van der Waals surface area contributed by atoms with E-state index in [0.29, 0.717) is 23.4 Å². The lowest BCUT2D eigenvalue weighted by Crippen LogP contribution is -2.09. The van der Waals surface area contributed by atoms with E-state index in [9.17, 15) is 4.79 Å². The number of rotatable bonds is 3. The highest BCUT2D eigenvalue weighted by Gasteiger charge is 2.11. The smallest absolute Gasteiger partial charge is 0.340 e. The Morgan fingerprint density at radius 3 is 2.93 bits per heavy atom. The summed E-state index contributed by atoms with van der Waals surface area (Å²) in [7, 11) is 0. The standard InChI is InChI=1S/C10H12N2O2/c1-2-14-10(13)8-5-3-4-7(6-11)9(8)12/h3-6,11H,2,12H2,1H3. The molecule has 1 aromatic carbocycles. The number of carbonyl (C=O) groups is 1. The number of esters is 1. The maximum absolute atomic E-state index is 11.4. The van der Waals surface area contributed by atoms with Crippen molar-refractivity contribution in [1.82, 2.24) is 0 Å². The molecule has 0 aromatic heterocycles. The molecule has 0 saturated carbocycles. The van der Waals surface area contributed by atoms with Crippen LogP contribution in [0.2, 0.25) is 0 Å². The van der Waals surface area contributed by atoms with Crippen LogP contribution in [0.3, 0.4) is 0 Å². The highest BCUT2D eigenvalue weighted by atomic mass is 16.5. The van der Waals surface area contributed by atoms with Crippen LogP contribution in [0.5, 0.6) is 0 Å². The second-order valence-corrected chi connectivity index (χ2v) is 2.67. The van der Waals surface area contributed by atoms with Crippen molar-refractivity contribution in [3.05, 3.63) is 29.3 Å². The minimum atomic E-state index is -0.450. The van der Waals surface area contributed by atoms with Crippen molar-refractivity contribution in [3.63, 3.8) is 0 Å². The first-order valence-corrected chi connectivity index (χ1v) is 4.26. The first-order chi connectivity index (χ1) is 6.70. The highest BCUT2D eigenvalue weighted by molar-refractivity contribution is 6.00. The van der Waals surface area contributed by atoms with Gasteiger partial charge in [-0.15, -0.1) is 0 Å². The van der Waals surface area contributed by atoms with Crippen molar-refractivity contribution in [3.8, 4) is 0 Å². The van der Waals surface area contributed by atoms with Crippen LogP contribution in [0.25, 0.3) is 0 Å². The molecule has 0 fully saturated rings. The van der Waals surface area contributed by atoms with Gasteiger partial charge in [-0.2, -0.15) is 0 Å². The normalized spacial score (nSPS) is 9.50. The molecule has 4 nitrogen and oxygen atoms in total. The molecule has 14 heavy (non-hydrogen) atoms. The van der Waals surface area contributed by atoms with Crippen molar-refractivity contribution in [2.75, 3.05) is 12.3 Å². The van der Waals surface area contributed by atoms with E-state index in [0.717, 1.165) is 6.21 Å². The minimum absolute atomic E-state index is 0.293. The zero-order chi connectivity index (χ0) is 10.6. The summed E-state index contributed by atoms with van der Waals surface area (Å²) in [5, 5.41) is 7.07. The van der Waals surface area contributed by atoms with Gasteiger partial charge in [0.1, 0.15) is 0 Å². The fraction of sp³-hybridized carbons (Fsp3) is 0.200. The van der Waals surface area contributed by atoms with E-state index in [4.69, 9.17) is 15.9 Å². The van der Waals surface area contributed by atoms with E-state index in [1.54, 1.807) is 25.1 Å². The molecule has 4 heteroatoms. The molecule has 0 aliphatic carbocycles. The number of benzene rings is 1. The Bertz CT molecular complexity index is 361. The molecule has 74 valence electrons. The number of para-hydroxylation sites is 1. The third-order valence-electron chi connectivity index (χ3n) is 1.79. The summed E-state index contributed by atoms with van der Waals surface area (Å²) in [5.41, 5.74) is 6.80. The van der Waals surface area contributed by atoms with Crippen LogP contribution < -0.4 is 5.73 Å². The molecule has 0 unspecified atom stereocenters. The van der Waals surface area contributed by atoms with Gasteiger partial charge in [-0.05, 0) is 13.0 Å². The van der Waals surface area contributed by atoms with Crippen LogP contribution in [0.4, 0.5) is 5.69 Å². The Hall–Kier alpha value is -1.84. The fourth-order valence-electron chi connectivity index (χ4n) is 1.10. The van der Waals surface area contributed by atoms with Crippen molar-refractivity contribution in [2.24, 2.45) is 0 Å². The quantitative estimate of drug-likeness (QED) is 0.432. The van der Waals surface area contributed by atoms with Crippen molar-refractivity contribution >= 4 is 17.9 Å². The molecular formula is C10H12N2O2. The van der Waals surface area contributed by atoms with E-state index in [1.165, 1.54) is 0 Å². The van der Waals surface area contributed by atoms with Gasteiger partial charge in [-0.1, -0.05) is 12.1 Å². The van der Waals surface area contributed by atoms with E-state index in [1.807, 2.05) is 0 Å². The molecular weight excluding hydrogens is 180 g/mol. The fourth-order valence-corrected chi connectivity index (χ4v) is 1.10. The van der Waals surface area contributed by atoms with Gasteiger partial charge >= 0.3 is 5.97 Å². The van der Waals surface area contributed by atoms with Gasteiger partial charge in [-0.25, -0.2) is 4.79 Å². The molecule has 0 amide bonds. The lowest BCUT2D eigenvalue weighted by Gasteiger charge is -2.06. The zero-order valence-corrected chi connectivity index (χ0v) is 7.91. The lowest BCUT2D eigenvalue weighted by molar-refractivity contribution is 0.0527. The SMILES string of the molecule is CCOC(=O)c1cccc(C=N)c1N. The Morgan fingerprint density at radius 1 is 1.64 bits per heavy atom. The highest BCUT2D eigenvalue weighted by Crippen LogP contribution is 2.16. The predicted octanol–water partition coefficient (Wildman–Crippen LogP) is 1.44. The molecule has 0 heterocycles. The van der Waals surface area contributed by atoms with Crippen LogP contribution in [0.1, 0.15) is 22.8 Å². The topological polar surface area (TPSA) is 76.2 Å². The molecule has 0 aliphatic rings. The maximum Gasteiger partial charge on any atom is 0.340 e. The first kappa shape index (κ1) is 10.2. The lowest BCUT2D eigenvalue weighted by atomic mass is 10.1. The van der Waals surface area contributed by atoms with E-state index in [2.05, 4.69) is 0 Å². The molecule has 0 radical (unpaired) electrons.